The van der Waals surface area contributed by atoms with Crippen LogP contribution in [0.4, 0.5) is 0 Å². The van der Waals surface area contributed by atoms with Crippen LogP contribution in [0.2, 0.25) is 0 Å². The van der Waals surface area contributed by atoms with E-state index in [0.717, 1.165) is 44.5 Å². The summed E-state index contributed by atoms with van der Waals surface area (Å²) in [6, 6.07) is 26.3. The smallest absolute Gasteiger partial charge is 0.197 e. The third-order valence-electron chi connectivity index (χ3n) is 4.45. The highest BCUT2D eigenvalue weighted by molar-refractivity contribution is 9.10. The standard InChI is InChI=1S/C22H13BrN2O/c23-22-24-18(14-7-2-1-3-8-14)13-19(25-22)17-11-6-10-16-15-9-4-5-12-20(15)26-21(16)17/h1-13H. The van der Waals surface area contributed by atoms with Gasteiger partial charge in [-0.05, 0) is 34.1 Å². The van der Waals surface area contributed by atoms with Crippen molar-refractivity contribution < 1.29 is 4.42 Å². The van der Waals surface area contributed by atoms with Crippen LogP contribution in [0.15, 0.2) is 88.0 Å². The van der Waals surface area contributed by atoms with Crippen molar-refractivity contribution in [2.24, 2.45) is 0 Å². The van der Waals surface area contributed by atoms with E-state index in [1.165, 1.54) is 0 Å². The summed E-state index contributed by atoms with van der Waals surface area (Å²) in [6.45, 7) is 0. The lowest BCUT2D eigenvalue weighted by Gasteiger charge is -2.06. The molecule has 2 aromatic heterocycles. The van der Waals surface area contributed by atoms with Crippen LogP contribution < -0.4 is 0 Å². The number of furan rings is 1. The van der Waals surface area contributed by atoms with Gasteiger partial charge in [-0.25, -0.2) is 9.97 Å². The van der Waals surface area contributed by atoms with Gasteiger partial charge in [0.25, 0.3) is 0 Å². The lowest BCUT2D eigenvalue weighted by Crippen LogP contribution is -1.92. The molecule has 26 heavy (non-hydrogen) atoms. The summed E-state index contributed by atoms with van der Waals surface area (Å²) in [7, 11) is 0. The van der Waals surface area contributed by atoms with E-state index in [4.69, 9.17) is 4.42 Å². The zero-order chi connectivity index (χ0) is 17.5. The van der Waals surface area contributed by atoms with E-state index in [-0.39, 0.29) is 0 Å². The summed E-state index contributed by atoms with van der Waals surface area (Å²) in [5.74, 6) is 0. The molecule has 5 aromatic rings. The predicted octanol–water partition coefficient (Wildman–Crippen LogP) is 6.47. The molecule has 0 radical (unpaired) electrons. The van der Waals surface area contributed by atoms with E-state index >= 15 is 0 Å². The molecular formula is C22H13BrN2O. The number of hydrogen-bond acceptors (Lipinski definition) is 3. The van der Waals surface area contributed by atoms with Crippen molar-refractivity contribution in [3.8, 4) is 22.5 Å². The highest BCUT2D eigenvalue weighted by Gasteiger charge is 2.14. The van der Waals surface area contributed by atoms with Crippen molar-refractivity contribution in [3.63, 3.8) is 0 Å². The first kappa shape index (κ1) is 15.3. The fraction of sp³-hybridized carbons (Fsp3) is 0. The Balaban J connectivity index is 1.77. The van der Waals surface area contributed by atoms with Crippen LogP contribution in [-0.2, 0) is 0 Å². The van der Waals surface area contributed by atoms with Gasteiger partial charge in [0.1, 0.15) is 11.2 Å². The molecule has 4 heteroatoms. The molecule has 3 nitrogen and oxygen atoms in total. The van der Waals surface area contributed by atoms with Gasteiger partial charge in [0.05, 0.1) is 11.4 Å². The summed E-state index contributed by atoms with van der Waals surface area (Å²) >= 11 is 3.45. The monoisotopic (exact) mass is 400 g/mol. The van der Waals surface area contributed by atoms with Crippen molar-refractivity contribution in [3.05, 3.63) is 83.6 Å². The second-order valence-electron chi connectivity index (χ2n) is 6.05. The molecule has 5 rings (SSSR count). The molecule has 2 heterocycles. The van der Waals surface area contributed by atoms with E-state index in [2.05, 4.69) is 38.0 Å². The third kappa shape index (κ3) is 2.50. The first-order chi connectivity index (χ1) is 12.8. The van der Waals surface area contributed by atoms with E-state index < -0.39 is 0 Å². The number of para-hydroxylation sites is 2. The minimum Gasteiger partial charge on any atom is -0.455 e. The summed E-state index contributed by atoms with van der Waals surface area (Å²) < 4.78 is 6.71. The Morgan fingerprint density at radius 1 is 0.692 bits per heavy atom. The molecule has 0 fully saturated rings. The molecule has 0 saturated heterocycles. The topological polar surface area (TPSA) is 38.9 Å². The van der Waals surface area contributed by atoms with Crippen LogP contribution in [0.3, 0.4) is 0 Å². The molecule has 0 N–H and O–H groups in total. The quantitative estimate of drug-likeness (QED) is 0.318. The highest BCUT2D eigenvalue weighted by atomic mass is 79.9. The van der Waals surface area contributed by atoms with Crippen molar-refractivity contribution >= 4 is 37.9 Å². The van der Waals surface area contributed by atoms with Gasteiger partial charge in [0.15, 0.2) is 4.73 Å². The largest absolute Gasteiger partial charge is 0.455 e. The van der Waals surface area contributed by atoms with Crippen LogP contribution in [0, 0.1) is 0 Å². The summed E-state index contributed by atoms with van der Waals surface area (Å²) in [5, 5.41) is 2.20. The maximum atomic E-state index is 6.15. The van der Waals surface area contributed by atoms with Gasteiger partial charge in [-0.2, -0.15) is 0 Å². The minimum absolute atomic E-state index is 0.557. The SMILES string of the molecule is Brc1nc(-c2ccccc2)cc(-c2cccc3c2oc2ccccc23)n1. The highest BCUT2D eigenvalue weighted by Crippen LogP contribution is 2.36. The molecule has 3 aromatic carbocycles. The van der Waals surface area contributed by atoms with Crippen LogP contribution in [0.5, 0.6) is 0 Å². The van der Waals surface area contributed by atoms with Gasteiger partial charge >= 0.3 is 0 Å². The molecular weight excluding hydrogens is 388 g/mol. The molecule has 0 amide bonds. The van der Waals surface area contributed by atoms with Gasteiger partial charge in [-0.15, -0.1) is 0 Å². The molecule has 0 unspecified atom stereocenters. The Labute approximate surface area is 158 Å². The Hall–Kier alpha value is -2.98. The van der Waals surface area contributed by atoms with Crippen molar-refractivity contribution in [1.82, 2.24) is 9.97 Å². The zero-order valence-corrected chi connectivity index (χ0v) is 15.3. The lowest BCUT2D eigenvalue weighted by molar-refractivity contribution is 0.670. The molecule has 124 valence electrons. The maximum absolute atomic E-state index is 6.15. The summed E-state index contributed by atoms with van der Waals surface area (Å²) in [5.41, 5.74) is 5.43. The fourth-order valence-electron chi connectivity index (χ4n) is 3.26. The molecule has 0 spiro atoms. The molecule has 0 aliphatic rings. The Morgan fingerprint density at radius 3 is 2.31 bits per heavy atom. The average Bonchev–Trinajstić information content (AvgIpc) is 3.07. The predicted molar refractivity (Wildman–Crippen MR) is 108 cm³/mol. The van der Waals surface area contributed by atoms with E-state index in [1.807, 2.05) is 66.7 Å². The van der Waals surface area contributed by atoms with Crippen LogP contribution in [-0.4, -0.2) is 9.97 Å². The Bertz CT molecular complexity index is 1250. The van der Waals surface area contributed by atoms with E-state index in [0.29, 0.717) is 4.73 Å². The van der Waals surface area contributed by atoms with Gasteiger partial charge < -0.3 is 4.42 Å². The van der Waals surface area contributed by atoms with Crippen molar-refractivity contribution in [2.75, 3.05) is 0 Å². The number of halogens is 1. The number of hydrogen-bond donors (Lipinski definition) is 0. The van der Waals surface area contributed by atoms with Crippen molar-refractivity contribution in [2.45, 2.75) is 0 Å². The molecule has 0 bridgehead atoms. The maximum Gasteiger partial charge on any atom is 0.197 e. The zero-order valence-electron chi connectivity index (χ0n) is 13.7. The average molecular weight is 401 g/mol. The van der Waals surface area contributed by atoms with Crippen LogP contribution in [0.1, 0.15) is 0 Å². The first-order valence-electron chi connectivity index (χ1n) is 8.30. The number of benzene rings is 3. The second-order valence-corrected chi connectivity index (χ2v) is 6.76. The number of aromatic nitrogens is 2. The van der Waals surface area contributed by atoms with Gasteiger partial charge in [0, 0.05) is 21.9 Å². The van der Waals surface area contributed by atoms with E-state index in [1.54, 1.807) is 0 Å². The van der Waals surface area contributed by atoms with Crippen molar-refractivity contribution in [1.29, 1.82) is 0 Å². The third-order valence-corrected chi connectivity index (χ3v) is 4.80. The van der Waals surface area contributed by atoms with Gasteiger partial charge in [-0.3, -0.25) is 0 Å². The van der Waals surface area contributed by atoms with E-state index in [9.17, 15) is 0 Å². The summed E-state index contributed by atoms with van der Waals surface area (Å²) in [6.07, 6.45) is 0. The Morgan fingerprint density at radius 2 is 1.42 bits per heavy atom. The number of nitrogens with zero attached hydrogens (tertiary/aromatic N) is 2. The summed E-state index contributed by atoms with van der Waals surface area (Å²) in [4.78, 5) is 9.12. The minimum atomic E-state index is 0.557. The molecule has 0 aliphatic heterocycles. The van der Waals surface area contributed by atoms with Crippen LogP contribution in [0.25, 0.3) is 44.5 Å². The number of fused-ring (bicyclic) bond motifs is 3. The normalized spacial score (nSPS) is 11.3. The lowest BCUT2D eigenvalue weighted by atomic mass is 10.0. The van der Waals surface area contributed by atoms with Crippen LogP contribution >= 0.6 is 15.9 Å². The molecule has 0 aliphatic carbocycles. The Kier molecular flexibility index (Phi) is 3.57. The molecule has 0 saturated carbocycles. The molecule has 0 atom stereocenters. The second kappa shape index (κ2) is 6.07. The van der Waals surface area contributed by atoms with Gasteiger partial charge in [0.2, 0.25) is 0 Å². The first-order valence-corrected chi connectivity index (χ1v) is 9.09. The fourth-order valence-corrected chi connectivity index (χ4v) is 3.64. The number of rotatable bonds is 2. The van der Waals surface area contributed by atoms with Gasteiger partial charge in [-0.1, -0.05) is 60.7 Å².